The average molecular weight is 340 g/mol. The summed E-state index contributed by atoms with van der Waals surface area (Å²) in [5, 5.41) is 2.54. The van der Waals surface area contributed by atoms with Gasteiger partial charge in [0.15, 0.2) is 10.8 Å². The molecule has 4 rings (SSSR count). The van der Waals surface area contributed by atoms with E-state index in [1.54, 1.807) is 24.0 Å². The van der Waals surface area contributed by atoms with Crippen LogP contribution in [-0.4, -0.2) is 47.0 Å². The minimum atomic E-state index is -0.0153. The van der Waals surface area contributed by atoms with Gasteiger partial charge in [-0.1, -0.05) is 0 Å². The van der Waals surface area contributed by atoms with E-state index in [0.717, 1.165) is 23.8 Å². The van der Waals surface area contributed by atoms with E-state index in [9.17, 15) is 4.79 Å². The van der Waals surface area contributed by atoms with Gasteiger partial charge in [0.25, 0.3) is 5.91 Å². The Morgan fingerprint density at radius 2 is 1.92 bits per heavy atom. The number of carbonyl (C=O) groups excluding carboxylic acids is 1. The van der Waals surface area contributed by atoms with Gasteiger partial charge in [-0.2, -0.15) is 0 Å². The molecular weight excluding hydrogens is 324 g/mol. The molecule has 1 aliphatic rings. The monoisotopic (exact) mass is 340 g/mol. The maximum Gasteiger partial charge on any atom is 0.273 e. The van der Waals surface area contributed by atoms with Crippen LogP contribution in [0.1, 0.15) is 10.5 Å². The topological polar surface area (TPSA) is 62.5 Å². The Morgan fingerprint density at radius 1 is 1.12 bits per heavy atom. The minimum Gasteiger partial charge on any atom is -0.462 e. The molecule has 0 bridgehead atoms. The van der Waals surface area contributed by atoms with Crippen molar-refractivity contribution in [2.24, 2.45) is 0 Å². The van der Waals surface area contributed by atoms with E-state index in [1.807, 2.05) is 29.2 Å². The molecule has 1 amide bonds. The summed E-state index contributed by atoms with van der Waals surface area (Å²) in [5.41, 5.74) is 1.63. The van der Waals surface area contributed by atoms with Crippen LogP contribution in [0, 0.1) is 0 Å². The van der Waals surface area contributed by atoms with Gasteiger partial charge in [0.05, 0.1) is 6.26 Å². The summed E-state index contributed by atoms with van der Waals surface area (Å²) in [6, 6.07) is 7.65. The third-order valence-electron chi connectivity index (χ3n) is 4.05. The van der Waals surface area contributed by atoms with Crippen molar-refractivity contribution >= 4 is 22.9 Å². The molecule has 0 N–H and O–H groups in total. The van der Waals surface area contributed by atoms with Crippen molar-refractivity contribution < 1.29 is 9.21 Å². The van der Waals surface area contributed by atoms with Crippen LogP contribution in [-0.2, 0) is 0 Å². The Hall–Kier alpha value is -2.67. The van der Waals surface area contributed by atoms with Crippen LogP contribution in [0.2, 0.25) is 0 Å². The van der Waals surface area contributed by atoms with E-state index >= 15 is 0 Å². The number of furan rings is 1. The fourth-order valence-corrected chi connectivity index (χ4v) is 3.53. The minimum absolute atomic E-state index is 0.0153. The Labute approximate surface area is 143 Å². The molecule has 1 fully saturated rings. The first-order chi connectivity index (χ1) is 11.8. The van der Waals surface area contributed by atoms with Gasteiger partial charge in [0.2, 0.25) is 0 Å². The zero-order chi connectivity index (χ0) is 16.4. The molecule has 3 aromatic rings. The first kappa shape index (κ1) is 14.9. The molecule has 0 aliphatic carbocycles. The largest absolute Gasteiger partial charge is 0.462 e. The number of pyridine rings is 1. The summed E-state index contributed by atoms with van der Waals surface area (Å²) in [5.74, 6) is 0.681. The van der Waals surface area contributed by atoms with Gasteiger partial charge >= 0.3 is 0 Å². The number of carbonyl (C=O) groups is 1. The third kappa shape index (κ3) is 2.90. The number of anilines is 1. The highest BCUT2D eigenvalue weighted by Gasteiger charge is 2.24. The van der Waals surface area contributed by atoms with Gasteiger partial charge in [-0.3, -0.25) is 9.78 Å². The molecule has 0 radical (unpaired) electrons. The number of nitrogens with zero attached hydrogens (tertiary/aromatic N) is 4. The Kier molecular flexibility index (Phi) is 4.00. The Bertz CT molecular complexity index is 808. The van der Waals surface area contributed by atoms with Crippen LogP contribution in [0.5, 0.6) is 0 Å². The summed E-state index contributed by atoms with van der Waals surface area (Å²) < 4.78 is 5.33. The molecule has 24 heavy (non-hydrogen) atoms. The zero-order valence-electron chi connectivity index (χ0n) is 13.0. The van der Waals surface area contributed by atoms with Crippen molar-refractivity contribution in [1.29, 1.82) is 0 Å². The van der Waals surface area contributed by atoms with Gasteiger partial charge in [-0.15, -0.1) is 11.3 Å². The molecule has 1 aliphatic heterocycles. The van der Waals surface area contributed by atoms with E-state index in [1.165, 1.54) is 11.3 Å². The molecular formula is C17H16N4O2S. The number of thiazole rings is 1. The fourth-order valence-electron chi connectivity index (χ4n) is 2.77. The lowest BCUT2D eigenvalue weighted by Gasteiger charge is -2.35. The van der Waals surface area contributed by atoms with Gasteiger partial charge in [0.1, 0.15) is 5.69 Å². The van der Waals surface area contributed by atoms with Crippen molar-refractivity contribution in [3.63, 3.8) is 0 Å². The SMILES string of the molecule is O=C(c1csc(-c2ccco2)n1)N1CCN(c2ccncc2)CC1. The summed E-state index contributed by atoms with van der Waals surface area (Å²) in [4.78, 5) is 25.2. The zero-order valence-corrected chi connectivity index (χ0v) is 13.8. The summed E-state index contributed by atoms with van der Waals surface area (Å²) in [6.45, 7) is 3.00. The van der Waals surface area contributed by atoms with Gasteiger partial charge in [0, 0.05) is 49.6 Å². The van der Waals surface area contributed by atoms with Crippen LogP contribution >= 0.6 is 11.3 Å². The van der Waals surface area contributed by atoms with Gasteiger partial charge in [-0.05, 0) is 24.3 Å². The number of aromatic nitrogens is 2. The molecule has 0 atom stereocenters. The van der Waals surface area contributed by atoms with Gasteiger partial charge in [-0.25, -0.2) is 4.98 Å². The van der Waals surface area contributed by atoms with Crippen LogP contribution in [0.15, 0.2) is 52.7 Å². The number of amides is 1. The van der Waals surface area contributed by atoms with E-state index < -0.39 is 0 Å². The van der Waals surface area contributed by atoms with Crippen molar-refractivity contribution in [1.82, 2.24) is 14.9 Å². The Morgan fingerprint density at radius 3 is 2.62 bits per heavy atom. The van der Waals surface area contributed by atoms with E-state index in [-0.39, 0.29) is 5.91 Å². The molecule has 1 saturated heterocycles. The van der Waals surface area contributed by atoms with E-state index in [2.05, 4.69) is 14.9 Å². The van der Waals surface area contributed by atoms with Crippen LogP contribution in [0.25, 0.3) is 10.8 Å². The number of hydrogen-bond donors (Lipinski definition) is 0. The summed E-state index contributed by atoms with van der Waals surface area (Å²) in [6.07, 6.45) is 5.19. The first-order valence-corrected chi connectivity index (χ1v) is 8.63. The number of rotatable bonds is 3. The molecule has 7 heteroatoms. The highest BCUT2D eigenvalue weighted by Crippen LogP contribution is 2.25. The predicted molar refractivity (Wildman–Crippen MR) is 92.2 cm³/mol. The normalized spacial score (nSPS) is 14.8. The van der Waals surface area contributed by atoms with E-state index in [0.29, 0.717) is 24.5 Å². The molecule has 122 valence electrons. The highest BCUT2D eigenvalue weighted by molar-refractivity contribution is 7.13. The summed E-state index contributed by atoms with van der Waals surface area (Å²) in [7, 11) is 0. The maximum absolute atomic E-state index is 12.6. The second-order valence-electron chi connectivity index (χ2n) is 5.50. The van der Waals surface area contributed by atoms with Crippen molar-refractivity contribution in [2.75, 3.05) is 31.1 Å². The molecule has 0 spiro atoms. The second kappa shape index (κ2) is 6.45. The van der Waals surface area contributed by atoms with Crippen molar-refractivity contribution in [2.45, 2.75) is 0 Å². The number of piperazine rings is 1. The maximum atomic E-state index is 12.6. The number of hydrogen-bond acceptors (Lipinski definition) is 6. The molecule has 4 heterocycles. The lowest BCUT2D eigenvalue weighted by molar-refractivity contribution is 0.0742. The fraction of sp³-hybridized carbons (Fsp3) is 0.235. The molecule has 0 saturated carbocycles. The predicted octanol–water partition coefficient (Wildman–Crippen LogP) is 2.76. The lowest BCUT2D eigenvalue weighted by atomic mass is 10.2. The standard InChI is InChI=1S/C17H16N4O2S/c22-17(14-12-24-16(19-14)15-2-1-11-23-15)21-9-7-20(8-10-21)13-3-5-18-6-4-13/h1-6,11-12H,7-10H2. The van der Waals surface area contributed by atoms with E-state index in [4.69, 9.17) is 4.42 Å². The van der Waals surface area contributed by atoms with Crippen molar-refractivity contribution in [3.8, 4) is 10.8 Å². The van der Waals surface area contributed by atoms with Crippen LogP contribution in [0.3, 0.4) is 0 Å². The highest BCUT2D eigenvalue weighted by atomic mass is 32.1. The molecule has 0 aromatic carbocycles. The second-order valence-corrected chi connectivity index (χ2v) is 6.36. The van der Waals surface area contributed by atoms with Crippen molar-refractivity contribution in [3.05, 3.63) is 54.0 Å². The molecule has 6 nitrogen and oxygen atoms in total. The molecule has 0 unspecified atom stereocenters. The quantitative estimate of drug-likeness (QED) is 0.734. The smallest absolute Gasteiger partial charge is 0.273 e. The molecule has 3 aromatic heterocycles. The lowest BCUT2D eigenvalue weighted by Crippen LogP contribution is -2.48. The third-order valence-corrected chi connectivity index (χ3v) is 4.91. The average Bonchev–Trinajstić information content (AvgIpc) is 3.33. The Balaban J connectivity index is 1.41. The summed E-state index contributed by atoms with van der Waals surface area (Å²) >= 11 is 1.43. The van der Waals surface area contributed by atoms with Gasteiger partial charge < -0.3 is 14.2 Å². The van der Waals surface area contributed by atoms with Crippen LogP contribution in [0.4, 0.5) is 5.69 Å². The first-order valence-electron chi connectivity index (χ1n) is 7.75. The van der Waals surface area contributed by atoms with Crippen LogP contribution < -0.4 is 4.90 Å².